The van der Waals surface area contributed by atoms with Crippen molar-refractivity contribution >= 4 is 17.1 Å². The summed E-state index contributed by atoms with van der Waals surface area (Å²) in [6.07, 6.45) is 1.69. The molecule has 0 bridgehead atoms. The molecule has 4 heteroatoms. The SMILES string of the molecule is C=C1N=C(c2ccccc2F)c2cnc(C)cc2N=C1C. The first kappa shape index (κ1) is 13.4. The Hall–Kier alpha value is -2.62. The van der Waals surface area contributed by atoms with Crippen LogP contribution in [0.25, 0.3) is 0 Å². The molecule has 1 aromatic carbocycles. The molecule has 2 heterocycles. The molecule has 2 aromatic rings. The Bertz CT molecular complexity index is 803. The van der Waals surface area contributed by atoms with Gasteiger partial charge in [0.05, 0.1) is 22.8 Å². The number of aliphatic imine (C=N–C) groups is 2. The van der Waals surface area contributed by atoms with E-state index in [2.05, 4.69) is 21.5 Å². The van der Waals surface area contributed by atoms with Gasteiger partial charge in [-0.3, -0.25) is 9.98 Å². The zero-order chi connectivity index (χ0) is 15.0. The molecule has 3 nitrogen and oxygen atoms in total. The molecule has 0 N–H and O–H groups in total. The van der Waals surface area contributed by atoms with Gasteiger partial charge in [0, 0.05) is 23.0 Å². The second kappa shape index (κ2) is 5.05. The van der Waals surface area contributed by atoms with Gasteiger partial charge in [-0.1, -0.05) is 18.7 Å². The molecule has 0 saturated heterocycles. The maximum absolute atomic E-state index is 14.1. The molecule has 0 spiro atoms. The normalized spacial score (nSPS) is 14.1. The molecule has 0 aliphatic carbocycles. The second-order valence-electron chi connectivity index (χ2n) is 4.93. The first-order chi connectivity index (χ1) is 10.1. The average Bonchev–Trinajstić information content (AvgIpc) is 2.57. The maximum atomic E-state index is 14.1. The third kappa shape index (κ3) is 2.40. The highest BCUT2D eigenvalue weighted by Crippen LogP contribution is 2.28. The molecule has 0 radical (unpaired) electrons. The number of aromatic nitrogens is 1. The zero-order valence-electron chi connectivity index (χ0n) is 11.9. The fourth-order valence-corrected chi connectivity index (χ4v) is 2.20. The van der Waals surface area contributed by atoms with Crippen LogP contribution in [0.3, 0.4) is 0 Å². The van der Waals surface area contributed by atoms with Crippen LogP contribution in [0.15, 0.2) is 58.8 Å². The lowest BCUT2D eigenvalue weighted by Crippen LogP contribution is -2.07. The number of hydrogen-bond acceptors (Lipinski definition) is 3. The number of rotatable bonds is 1. The standard InChI is InChI=1S/C17H14FN3/c1-10-8-16-14(9-19-10)17(21-12(3)11(2)20-16)13-6-4-5-7-15(13)18/h4-9H,3H2,1-2H3. The van der Waals surface area contributed by atoms with Gasteiger partial charge in [-0.2, -0.15) is 0 Å². The lowest BCUT2D eigenvalue weighted by Gasteiger charge is -2.09. The minimum absolute atomic E-state index is 0.324. The summed E-state index contributed by atoms with van der Waals surface area (Å²) >= 11 is 0. The van der Waals surface area contributed by atoms with Gasteiger partial charge in [0.2, 0.25) is 0 Å². The number of nitrogens with zero attached hydrogens (tertiary/aromatic N) is 3. The van der Waals surface area contributed by atoms with E-state index in [1.165, 1.54) is 6.07 Å². The summed E-state index contributed by atoms with van der Waals surface area (Å²) in [5.74, 6) is -0.324. The molecule has 1 aliphatic rings. The molecule has 3 rings (SSSR count). The Kier molecular flexibility index (Phi) is 3.22. The highest BCUT2D eigenvalue weighted by Gasteiger charge is 2.19. The minimum Gasteiger partial charge on any atom is -0.261 e. The van der Waals surface area contributed by atoms with Crippen molar-refractivity contribution in [1.82, 2.24) is 4.98 Å². The van der Waals surface area contributed by atoms with Crippen LogP contribution in [-0.2, 0) is 0 Å². The maximum Gasteiger partial charge on any atom is 0.132 e. The Balaban J connectivity index is 2.30. The van der Waals surface area contributed by atoms with Gasteiger partial charge in [-0.05, 0) is 32.0 Å². The number of benzene rings is 1. The topological polar surface area (TPSA) is 37.6 Å². The molecule has 0 fully saturated rings. The van der Waals surface area contributed by atoms with Crippen molar-refractivity contribution in [3.8, 4) is 0 Å². The van der Waals surface area contributed by atoms with Crippen LogP contribution < -0.4 is 0 Å². The van der Waals surface area contributed by atoms with Crippen LogP contribution in [0.4, 0.5) is 10.1 Å². The van der Waals surface area contributed by atoms with Gasteiger partial charge >= 0.3 is 0 Å². The van der Waals surface area contributed by atoms with Crippen LogP contribution in [0.1, 0.15) is 23.7 Å². The molecule has 1 aliphatic heterocycles. The van der Waals surface area contributed by atoms with Gasteiger partial charge in [0.15, 0.2) is 0 Å². The Morgan fingerprint density at radius 3 is 2.57 bits per heavy atom. The van der Waals surface area contributed by atoms with Crippen LogP contribution in [0.2, 0.25) is 0 Å². The summed E-state index contributed by atoms with van der Waals surface area (Å²) in [6.45, 7) is 7.64. The van der Waals surface area contributed by atoms with Gasteiger partial charge in [-0.25, -0.2) is 9.38 Å². The van der Waals surface area contributed by atoms with E-state index < -0.39 is 0 Å². The predicted octanol–water partition coefficient (Wildman–Crippen LogP) is 3.99. The van der Waals surface area contributed by atoms with Crippen LogP contribution in [-0.4, -0.2) is 16.4 Å². The fraction of sp³-hybridized carbons (Fsp3) is 0.118. The largest absolute Gasteiger partial charge is 0.261 e. The van der Waals surface area contributed by atoms with Crippen molar-refractivity contribution in [3.05, 3.63) is 71.4 Å². The van der Waals surface area contributed by atoms with E-state index >= 15 is 0 Å². The second-order valence-corrected chi connectivity index (χ2v) is 4.93. The predicted molar refractivity (Wildman–Crippen MR) is 82.9 cm³/mol. The fourth-order valence-electron chi connectivity index (χ4n) is 2.20. The summed E-state index contributed by atoms with van der Waals surface area (Å²) in [5.41, 5.74) is 4.49. The summed E-state index contributed by atoms with van der Waals surface area (Å²) in [4.78, 5) is 13.3. The van der Waals surface area contributed by atoms with E-state index in [0.29, 0.717) is 28.2 Å². The third-order valence-electron chi connectivity index (χ3n) is 3.36. The van der Waals surface area contributed by atoms with E-state index in [1.807, 2.05) is 19.9 Å². The monoisotopic (exact) mass is 279 g/mol. The van der Waals surface area contributed by atoms with Crippen molar-refractivity contribution < 1.29 is 4.39 Å². The van der Waals surface area contributed by atoms with Gasteiger partial charge in [0.1, 0.15) is 5.82 Å². The molecule has 0 amide bonds. The van der Waals surface area contributed by atoms with Gasteiger partial charge < -0.3 is 0 Å². The summed E-state index contributed by atoms with van der Waals surface area (Å²) in [5, 5.41) is 0. The lowest BCUT2D eigenvalue weighted by atomic mass is 10.0. The van der Waals surface area contributed by atoms with Crippen molar-refractivity contribution in [1.29, 1.82) is 0 Å². The summed E-state index contributed by atoms with van der Waals surface area (Å²) in [6, 6.07) is 8.42. The van der Waals surface area contributed by atoms with E-state index in [-0.39, 0.29) is 5.82 Å². The number of halogens is 1. The van der Waals surface area contributed by atoms with Crippen molar-refractivity contribution in [3.63, 3.8) is 0 Å². The smallest absolute Gasteiger partial charge is 0.132 e. The van der Waals surface area contributed by atoms with E-state index in [9.17, 15) is 4.39 Å². The minimum atomic E-state index is -0.324. The van der Waals surface area contributed by atoms with Crippen molar-refractivity contribution in [2.24, 2.45) is 9.98 Å². The summed E-state index contributed by atoms with van der Waals surface area (Å²) < 4.78 is 14.1. The van der Waals surface area contributed by atoms with Crippen molar-refractivity contribution in [2.45, 2.75) is 13.8 Å². The molecule has 0 saturated carbocycles. The van der Waals surface area contributed by atoms with Gasteiger partial charge in [-0.15, -0.1) is 0 Å². The van der Waals surface area contributed by atoms with Crippen LogP contribution in [0, 0.1) is 12.7 Å². The average molecular weight is 279 g/mol. The molecule has 0 unspecified atom stereocenters. The molecular weight excluding hydrogens is 265 g/mol. The molecular formula is C17H14FN3. The van der Waals surface area contributed by atoms with E-state index in [4.69, 9.17) is 0 Å². The number of pyridine rings is 1. The number of hydrogen-bond donors (Lipinski definition) is 0. The quantitative estimate of drug-likeness (QED) is 0.777. The Labute approximate surface area is 122 Å². The zero-order valence-corrected chi connectivity index (χ0v) is 11.9. The van der Waals surface area contributed by atoms with E-state index in [0.717, 1.165) is 11.4 Å². The number of fused-ring (bicyclic) bond motifs is 1. The molecule has 104 valence electrons. The first-order valence-corrected chi connectivity index (χ1v) is 6.61. The molecule has 21 heavy (non-hydrogen) atoms. The van der Waals surface area contributed by atoms with Gasteiger partial charge in [0.25, 0.3) is 0 Å². The Morgan fingerprint density at radius 2 is 1.81 bits per heavy atom. The van der Waals surface area contributed by atoms with Crippen LogP contribution in [0.5, 0.6) is 0 Å². The Morgan fingerprint density at radius 1 is 1.05 bits per heavy atom. The number of allylic oxidation sites excluding steroid dienone is 1. The number of aryl methyl sites for hydroxylation is 1. The van der Waals surface area contributed by atoms with Crippen molar-refractivity contribution in [2.75, 3.05) is 0 Å². The first-order valence-electron chi connectivity index (χ1n) is 6.61. The summed E-state index contributed by atoms with van der Waals surface area (Å²) in [7, 11) is 0. The molecule has 1 aromatic heterocycles. The van der Waals surface area contributed by atoms with E-state index in [1.54, 1.807) is 24.4 Å². The third-order valence-corrected chi connectivity index (χ3v) is 3.36. The highest BCUT2D eigenvalue weighted by atomic mass is 19.1. The molecule has 0 atom stereocenters. The lowest BCUT2D eigenvalue weighted by molar-refractivity contribution is 0.625. The van der Waals surface area contributed by atoms with Crippen LogP contribution >= 0.6 is 0 Å². The highest BCUT2D eigenvalue weighted by molar-refractivity contribution is 6.19.